The van der Waals surface area contributed by atoms with E-state index in [1.807, 2.05) is 112 Å². The van der Waals surface area contributed by atoms with Crippen LogP contribution >= 0.6 is 0 Å². The molecule has 4 aromatic carbocycles. The molecule has 9 rings (SSSR count). The van der Waals surface area contributed by atoms with Gasteiger partial charge in [0.25, 0.3) is 0 Å². The van der Waals surface area contributed by atoms with Crippen LogP contribution in [-0.4, -0.2) is 45.5 Å². The van der Waals surface area contributed by atoms with E-state index < -0.39 is 5.60 Å². The van der Waals surface area contributed by atoms with Crippen LogP contribution in [0.15, 0.2) is 91.0 Å². The molecule has 9 heteroatoms. The maximum Gasteiger partial charge on any atom is 0.164 e. The first-order chi connectivity index (χ1) is 21.9. The Kier molecular flexibility index (Phi) is 5.26. The summed E-state index contributed by atoms with van der Waals surface area (Å²) in [5.74, 6) is 2.97. The van der Waals surface area contributed by atoms with Crippen molar-refractivity contribution >= 4 is 44.1 Å². The fraction of sp³-hybridized carbons (Fsp3) is 0.111. The number of fused-ring (bicyclic) bond motifs is 20. The number of H-pyrrole nitrogens is 2. The van der Waals surface area contributed by atoms with E-state index in [9.17, 15) is 0 Å². The molecule has 3 aromatic heterocycles. The molecule has 0 spiro atoms. The van der Waals surface area contributed by atoms with Crippen molar-refractivity contribution in [1.29, 1.82) is 0 Å². The number of aromatic amines is 2. The standard InChI is InChI=1S/C36H26N8O/c1-36(2,3)45-26-18-10-17-25-27(26)35-43-33-24-16-9-8-15-23(24)31(41-33)39-29-20-12-5-4-11-19(20)28(37-29)38-30-21-13-6-7-14-22(21)32(40-30)42-34(25)44-35/h4-18H,1-3H3,(H2,37,38,39,40,41,42,43,44). The van der Waals surface area contributed by atoms with Gasteiger partial charge >= 0.3 is 0 Å². The molecule has 8 bridgehead atoms. The summed E-state index contributed by atoms with van der Waals surface area (Å²) in [5.41, 5.74) is 5.73. The van der Waals surface area contributed by atoms with Gasteiger partial charge in [0, 0.05) is 38.4 Å². The number of hydrogen-bond acceptors (Lipinski definition) is 7. The fourth-order valence-electron chi connectivity index (χ4n) is 6.07. The lowest BCUT2D eigenvalue weighted by molar-refractivity contribution is 0.133. The Morgan fingerprint density at radius 2 is 0.844 bits per heavy atom. The Hall–Kier alpha value is -5.96. The Bertz CT molecular complexity index is 2520. The number of nitrogens with zero attached hydrogens (tertiary/aromatic N) is 6. The first-order valence-corrected chi connectivity index (χ1v) is 14.8. The van der Waals surface area contributed by atoms with Gasteiger partial charge in [-0.05, 0) is 26.8 Å². The maximum absolute atomic E-state index is 6.45. The molecule has 5 heterocycles. The van der Waals surface area contributed by atoms with E-state index in [2.05, 4.69) is 9.97 Å². The van der Waals surface area contributed by atoms with Crippen LogP contribution in [0.4, 0.5) is 0 Å². The minimum Gasteiger partial charge on any atom is -0.487 e. The number of hydrogen-bond donors (Lipinski definition) is 2. The highest BCUT2D eigenvalue weighted by Crippen LogP contribution is 2.38. The van der Waals surface area contributed by atoms with E-state index in [1.165, 1.54) is 0 Å². The third kappa shape index (κ3) is 4.08. The van der Waals surface area contributed by atoms with Crippen molar-refractivity contribution in [2.45, 2.75) is 26.4 Å². The van der Waals surface area contributed by atoms with Crippen LogP contribution in [0.25, 0.3) is 89.7 Å². The first kappa shape index (κ1) is 25.5. The molecule has 45 heavy (non-hydrogen) atoms. The lowest BCUT2D eigenvalue weighted by Crippen LogP contribution is -2.23. The molecule has 2 N–H and O–H groups in total. The van der Waals surface area contributed by atoms with Gasteiger partial charge in [-0.25, -0.2) is 29.9 Å². The molecular weight excluding hydrogens is 560 g/mol. The van der Waals surface area contributed by atoms with Gasteiger partial charge < -0.3 is 14.7 Å². The van der Waals surface area contributed by atoms with Crippen LogP contribution in [0.1, 0.15) is 20.8 Å². The molecule has 0 fully saturated rings. The number of rotatable bonds is 1. The third-order valence-electron chi connectivity index (χ3n) is 7.96. The van der Waals surface area contributed by atoms with Crippen molar-refractivity contribution in [3.63, 3.8) is 0 Å². The van der Waals surface area contributed by atoms with Crippen molar-refractivity contribution < 1.29 is 4.74 Å². The predicted molar refractivity (Wildman–Crippen MR) is 176 cm³/mol. The smallest absolute Gasteiger partial charge is 0.164 e. The van der Waals surface area contributed by atoms with Gasteiger partial charge in [0.2, 0.25) is 0 Å². The van der Waals surface area contributed by atoms with Gasteiger partial charge in [-0.15, -0.1) is 0 Å². The highest BCUT2D eigenvalue weighted by molar-refractivity contribution is 6.08. The average molecular weight is 587 g/mol. The zero-order valence-corrected chi connectivity index (χ0v) is 24.8. The summed E-state index contributed by atoms with van der Waals surface area (Å²) in [6.45, 7) is 6.09. The molecule has 0 unspecified atom stereocenters. The van der Waals surface area contributed by atoms with Gasteiger partial charge in [0.15, 0.2) is 23.3 Å². The van der Waals surface area contributed by atoms with E-state index in [4.69, 9.17) is 34.6 Å². The molecule has 216 valence electrons. The molecule has 0 radical (unpaired) electrons. The fourth-order valence-corrected chi connectivity index (χ4v) is 6.07. The second-order valence-electron chi connectivity index (χ2n) is 12.1. The quantitative estimate of drug-likeness (QED) is 0.200. The molecule has 0 saturated carbocycles. The second-order valence-corrected chi connectivity index (χ2v) is 12.1. The van der Waals surface area contributed by atoms with Crippen LogP contribution in [0.5, 0.6) is 5.75 Å². The van der Waals surface area contributed by atoms with Crippen LogP contribution < -0.4 is 4.74 Å². The summed E-state index contributed by atoms with van der Waals surface area (Å²) in [6, 6.07) is 30.1. The van der Waals surface area contributed by atoms with Crippen molar-refractivity contribution in [3.8, 4) is 51.3 Å². The Labute approximate surface area is 257 Å². The topological polar surface area (TPSA) is 118 Å². The van der Waals surface area contributed by atoms with Crippen molar-refractivity contribution in [1.82, 2.24) is 39.9 Å². The number of ether oxygens (including phenoxy) is 1. The molecule has 2 aliphatic heterocycles. The van der Waals surface area contributed by atoms with Gasteiger partial charge in [0.05, 0.1) is 5.39 Å². The van der Waals surface area contributed by atoms with Crippen LogP contribution in [0.2, 0.25) is 0 Å². The van der Waals surface area contributed by atoms with Crippen LogP contribution in [0, 0.1) is 0 Å². The maximum atomic E-state index is 6.45. The van der Waals surface area contributed by atoms with E-state index in [1.54, 1.807) is 0 Å². The number of benzene rings is 4. The Morgan fingerprint density at radius 3 is 1.33 bits per heavy atom. The molecule has 2 aliphatic rings. The molecular formula is C36H26N8O. The summed E-state index contributed by atoms with van der Waals surface area (Å²) in [6.07, 6.45) is 0. The van der Waals surface area contributed by atoms with E-state index in [-0.39, 0.29) is 0 Å². The summed E-state index contributed by atoms with van der Waals surface area (Å²) >= 11 is 0. The third-order valence-corrected chi connectivity index (χ3v) is 7.96. The molecule has 9 nitrogen and oxygen atoms in total. The van der Waals surface area contributed by atoms with Gasteiger partial charge in [-0.2, -0.15) is 0 Å². The summed E-state index contributed by atoms with van der Waals surface area (Å²) in [7, 11) is 0. The SMILES string of the molecule is CC(C)(C)Oc1cccc2c3nc4nc(nc5[nH]c(nc6nc(nc([nH]3)c12)-c1ccccc1-6)c1ccccc51)-c1ccccc1-4. The summed E-state index contributed by atoms with van der Waals surface area (Å²) in [4.78, 5) is 37.2. The molecule has 7 aromatic rings. The average Bonchev–Trinajstić information content (AvgIpc) is 3.76. The Morgan fingerprint density at radius 1 is 0.444 bits per heavy atom. The van der Waals surface area contributed by atoms with Crippen LogP contribution in [-0.2, 0) is 0 Å². The lowest BCUT2D eigenvalue weighted by Gasteiger charge is -2.21. The molecule has 0 saturated heterocycles. The first-order valence-electron chi connectivity index (χ1n) is 14.8. The Balaban J connectivity index is 1.49. The largest absolute Gasteiger partial charge is 0.487 e. The van der Waals surface area contributed by atoms with Gasteiger partial charge in [-0.1, -0.05) is 84.9 Å². The van der Waals surface area contributed by atoms with Crippen molar-refractivity contribution in [2.75, 3.05) is 0 Å². The normalized spacial score (nSPS) is 12.3. The van der Waals surface area contributed by atoms with E-state index in [0.29, 0.717) is 51.6 Å². The van der Waals surface area contributed by atoms with Crippen molar-refractivity contribution in [2.24, 2.45) is 0 Å². The predicted octanol–water partition coefficient (Wildman–Crippen LogP) is 8.05. The van der Waals surface area contributed by atoms with E-state index >= 15 is 0 Å². The van der Waals surface area contributed by atoms with Crippen LogP contribution in [0.3, 0.4) is 0 Å². The minimum atomic E-state index is -0.427. The highest BCUT2D eigenvalue weighted by atomic mass is 16.5. The highest BCUT2D eigenvalue weighted by Gasteiger charge is 2.23. The van der Waals surface area contributed by atoms with Crippen molar-refractivity contribution in [3.05, 3.63) is 91.0 Å². The monoisotopic (exact) mass is 586 g/mol. The molecule has 0 atom stereocenters. The van der Waals surface area contributed by atoms with E-state index in [0.717, 1.165) is 43.8 Å². The molecule has 0 aliphatic carbocycles. The summed E-state index contributed by atoms with van der Waals surface area (Å²) in [5, 5.41) is 3.57. The zero-order valence-electron chi connectivity index (χ0n) is 24.8. The summed E-state index contributed by atoms with van der Waals surface area (Å²) < 4.78 is 6.45. The number of aromatic nitrogens is 8. The minimum absolute atomic E-state index is 0.427. The van der Waals surface area contributed by atoms with Gasteiger partial charge in [0.1, 0.15) is 33.9 Å². The lowest BCUT2D eigenvalue weighted by atomic mass is 10.1. The zero-order chi connectivity index (χ0) is 30.3. The number of nitrogens with one attached hydrogen (secondary N) is 2. The second kappa shape index (κ2) is 9.27. The van der Waals surface area contributed by atoms with Gasteiger partial charge in [-0.3, -0.25) is 0 Å². The molecule has 0 amide bonds.